The Labute approximate surface area is 73.7 Å². The first kappa shape index (κ1) is 9.36. The van der Waals surface area contributed by atoms with Crippen LogP contribution in [0.3, 0.4) is 0 Å². The second kappa shape index (κ2) is 4.33. The van der Waals surface area contributed by atoms with Gasteiger partial charge in [-0.15, -0.1) is 0 Å². The molecule has 1 rings (SSSR count). The lowest BCUT2D eigenvalue weighted by atomic mass is 10.1. The third kappa shape index (κ3) is 2.40. The molecular formula is C9H17NO2. The molecule has 0 unspecified atom stereocenters. The van der Waals surface area contributed by atoms with Crippen LogP contribution in [-0.2, 0) is 4.74 Å². The summed E-state index contributed by atoms with van der Waals surface area (Å²) in [5, 5.41) is 0. The predicted molar refractivity (Wildman–Crippen MR) is 47.0 cm³/mol. The average Bonchev–Trinajstić information content (AvgIpc) is 2.32. The van der Waals surface area contributed by atoms with E-state index >= 15 is 0 Å². The molecule has 0 aromatic carbocycles. The number of hydrogen-bond donors (Lipinski definition) is 0. The zero-order chi connectivity index (χ0) is 8.97. The molecule has 0 saturated carbocycles. The van der Waals surface area contributed by atoms with Crippen molar-refractivity contribution in [3.63, 3.8) is 0 Å². The third-order valence-electron chi connectivity index (χ3n) is 2.19. The zero-order valence-corrected chi connectivity index (χ0v) is 7.88. The largest absolute Gasteiger partial charge is 0.444 e. The first-order valence-corrected chi connectivity index (χ1v) is 4.65. The minimum atomic E-state index is -0.170. The number of cyclic esters (lactones) is 1. The molecule has 12 heavy (non-hydrogen) atoms. The van der Waals surface area contributed by atoms with Gasteiger partial charge in [0, 0.05) is 7.05 Å². The SMILES string of the molecule is CCCCC[C@@H]1CN(C)C(=O)O1. The molecule has 0 N–H and O–H groups in total. The Morgan fingerprint density at radius 2 is 2.33 bits per heavy atom. The van der Waals surface area contributed by atoms with Crippen LogP contribution in [0.5, 0.6) is 0 Å². The first-order chi connectivity index (χ1) is 5.74. The highest BCUT2D eigenvalue weighted by atomic mass is 16.6. The Morgan fingerprint density at radius 1 is 1.58 bits per heavy atom. The average molecular weight is 171 g/mol. The van der Waals surface area contributed by atoms with Crippen molar-refractivity contribution in [3.05, 3.63) is 0 Å². The lowest BCUT2D eigenvalue weighted by Crippen LogP contribution is -2.19. The maximum absolute atomic E-state index is 10.9. The fraction of sp³-hybridized carbons (Fsp3) is 0.889. The molecule has 1 atom stereocenters. The van der Waals surface area contributed by atoms with Gasteiger partial charge in [-0.1, -0.05) is 19.8 Å². The topological polar surface area (TPSA) is 29.5 Å². The van der Waals surface area contributed by atoms with Gasteiger partial charge in [-0.25, -0.2) is 4.79 Å². The molecule has 70 valence electrons. The van der Waals surface area contributed by atoms with E-state index in [1.54, 1.807) is 11.9 Å². The molecule has 0 aromatic heterocycles. The van der Waals surface area contributed by atoms with Crippen molar-refractivity contribution < 1.29 is 9.53 Å². The fourth-order valence-electron chi connectivity index (χ4n) is 1.42. The first-order valence-electron chi connectivity index (χ1n) is 4.65. The smallest absolute Gasteiger partial charge is 0.409 e. The van der Waals surface area contributed by atoms with Gasteiger partial charge >= 0.3 is 6.09 Å². The summed E-state index contributed by atoms with van der Waals surface area (Å²) in [6.45, 7) is 2.94. The van der Waals surface area contributed by atoms with E-state index in [-0.39, 0.29) is 12.2 Å². The van der Waals surface area contributed by atoms with Crippen molar-refractivity contribution in [3.8, 4) is 0 Å². The van der Waals surface area contributed by atoms with E-state index < -0.39 is 0 Å². The number of carbonyl (C=O) groups is 1. The molecular weight excluding hydrogens is 154 g/mol. The minimum Gasteiger partial charge on any atom is -0.444 e. The summed E-state index contributed by atoms with van der Waals surface area (Å²) in [6, 6.07) is 0. The third-order valence-corrected chi connectivity index (χ3v) is 2.19. The van der Waals surface area contributed by atoms with E-state index in [1.165, 1.54) is 19.3 Å². The van der Waals surface area contributed by atoms with Crippen LogP contribution in [0.15, 0.2) is 0 Å². The number of unbranched alkanes of at least 4 members (excludes halogenated alkanes) is 2. The van der Waals surface area contributed by atoms with Crippen LogP contribution in [-0.4, -0.2) is 30.7 Å². The van der Waals surface area contributed by atoms with Gasteiger partial charge in [0.15, 0.2) is 0 Å². The molecule has 1 amide bonds. The van der Waals surface area contributed by atoms with E-state index in [9.17, 15) is 4.79 Å². The molecule has 1 saturated heterocycles. The number of hydrogen-bond acceptors (Lipinski definition) is 2. The molecule has 1 aliphatic heterocycles. The number of carbonyl (C=O) groups excluding carboxylic acids is 1. The highest BCUT2D eigenvalue weighted by molar-refractivity contribution is 5.69. The van der Waals surface area contributed by atoms with E-state index in [0.29, 0.717) is 0 Å². The number of likely N-dealkylation sites (N-methyl/N-ethyl adjacent to an activating group) is 1. The Bertz CT molecular complexity index is 159. The van der Waals surface area contributed by atoms with Gasteiger partial charge in [-0.05, 0) is 12.8 Å². The van der Waals surface area contributed by atoms with Gasteiger partial charge < -0.3 is 9.64 Å². The fourth-order valence-corrected chi connectivity index (χ4v) is 1.42. The summed E-state index contributed by atoms with van der Waals surface area (Å²) < 4.78 is 5.11. The number of ether oxygens (including phenoxy) is 1. The number of rotatable bonds is 4. The minimum absolute atomic E-state index is 0.147. The zero-order valence-electron chi connectivity index (χ0n) is 7.88. The molecule has 0 radical (unpaired) electrons. The quantitative estimate of drug-likeness (QED) is 0.605. The maximum atomic E-state index is 10.9. The monoisotopic (exact) mass is 171 g/mol. The van der Waals surface area contributed by atoms with Crippen molar-refractivity contribution in [2.24, 2.45) is 0 Å². The van der Waals surface area contributed by atoms with Crippen LogP contribution in [0.25, 0.3) is 0 Å². The molecule has 3 nitrogen and oxygen atoms in total. The summed E-state index contributed by atoms with van der Waals surface area (Å²) in [5.41, 5.74) is 0. The van der Waals surface area contributed by atoms with Gasteiger partial charge in [-0.3, -0.25) is 0 Å². The Morgan fingerprint density at radius 3 is 2.83 bits per heavy atom. The Hall–Kier alpha value is -0.730. The number of amides is 1. The highest BCUT2D eigenvalue weighted by Gasteiger charge is 2.27. The molecule has 0 bridgehead atoms. The Balaban J connectivity index is 2.14. The normalized spacial score (nSPS) is 23.0. The highest BCUT2D eigenvalue weighted by Crippen LogP contribution is 2.14. The molecule has 3 heteroatoms. The van der Waals surface area contributed by atoms with Crippen LogP contribution in [0.2, 0.25) is 0 Å². The predicted octanol–water partition coefficient (Wildman–Crippen LogP) is 2.02. The van der Waals surface area contributed by atoms with Crippen molar-refractivity contribution in [1.29, 1.82) is 0 Å². The van der Waals surface area contributed by atoms with Crippen molar-refractivity contribution >= 4 is 6.09 Å². The molecule has 0 aromatic rings. The van der Waals surface area contributed by atoms with Crippen LogP contribution in [0.1, 0.15) is 32.6 Å². The van der Waals surface area contributed by atoms with E-state index in [4.69, 9.17) is 4.74 Å². The van der Waals surface area contributed by atoms with E-state index in [1.807, 2.05) is 0 Å². The summed E-state index contributed by atoms with van der Waals surface area (Å²) in [5.74, 6) is 0. The van der Waals surface area contributed by atoms with E-state index in [0.717, 1.165) is 13.0 Å². The van der Waals surface area contributed by atoms with Gasteiger partial charge in [0.05, 0.1) is 6.54 Å². The van der Waals surface area contributed by atoms with Crippen LogP contribution in [0.4, 0.5) is 4.79 Å². The van der Waals surface area contributed by atoms with Gasteiger partial charge in [0.2, 0.25) is 0 Å². The van der Waals surface area contributed by atoms with Crippen LogP contribution in [0, 0.1) is 0 Å². The van der Waals surface area contributed by atoms with Gasteiger partial charge in [-0.2, -0.15) is 0 Å². The van der Waals surface area contributed by atoms with Crippen molar-refractivity contribution in [1.82, 2.24) is 4.90 Å². The second-order valence-corrected chi connectivity index (χ2v) is 3.38. The molecule has 0 aliphatic carbocycles. The summed E-state index contributed by atoms with van der Waals surface area (Å²) in [4.78, 5) is 12.6. The molecule has 1 heterocycles. The van der Waals surface area contributed by atoms with Crippen LogP contribution >= 0.6 is 0 Å². The van der Waals surface area contributed by atoms with Crippen LogP contribution < -0.4 is 0 Å². The molecule has 1 aliphatic rings. The van der Waals surface area contributed by atoms with E-state index in [2.05, 4.69) is 6.92 Å². The Kier molecular flexibility index (Phi) is 3.38. The summed E-state index contributed by atoms with van der Waals surface area (Å²) >= 11 is 0. The van der Waals surface area contributed by atoms with Crippen molar-refractivity contribution in [2.75, 3.05) is 13.6 Å². The van der Waals surface area contributed by atoms with Gasteiger partial charge in [0.1, 0.15) is 6.10 Å². The maximum Gasteiger partial charge on any atom is 0.409 e. The summed E-state index contributed by atoms with van der Waals surface area (Å²) in [7, 11) is 1.78. The lowest BCUT2D eigenvalue weighted by Gasteiger charge is -2.06. The molecule has 0 spiro atoms. The molecule has 1 fully saturated rings. The standard InChI is InChI=1S/C9H17NO2/c1-3-4-5-6-8-7-10(2)9(11)12-8/h8H,3-7H2,1-2H3/t8-/m1/s1. The van der Waals surface area contributed by atoms with Crippen molar-refractivity contribution in [2.45, 2.75) is 38.7 Å². The number of nitrogens with zero attached hydrogens (tertiary/aromatic N) is 1. The van der Waals surface area contributed by atoms with Gasteiger partial charge in [0.25, 0.3) is 0 Å². The lowest BCUT2D eigenvalue weighted by molar-refractivity contribution is 0.129. The second-order valence-electron chi connectivity index (χ2n) is 3.38. The summed E-state index contributed by atoms with van der Waals surface area (Å²) in [6.07, 6.45) is 4.62.